The molecule has 15 heavy (non-hydrogen) atoms. The monoisotopic (exact) mass is 211 g/mol. The highest BCUT2D eigenvalue weighted by Crippen LogP contribution is 2.30. The first kappa shape index (κ1) is 10.6. The molecule has 1 aliphatic heterocycles. The molecule has 0 aromatic rings. The number of Topliss-reactive ketones (excluding diaryl/α,β-unsaturated/α-hetero) is 1. The number of carbonyl (C=O) groups is 2. The van der Waals surface area contributed by atoms with E-state index in [0.717, 1.165) is 25.7 Å². The molecule has 0 spiro atoms. The molecule has 2 fully saturated rings. The largest absolute Gasteiger partial charge is 0.296 e. The minimum absolute atomic E-state index is 0.0104. The number of hydrogen-bond donors (Lipinski definition) is 0. The summed E-state index contributed by atoms with van der Waals surface area (Å²) in [4.78, 5) is 28.7. The number of amides is 1. The molecule has 1 aliphatic carbocycles. The molecule has 1 amide bonds. The smallest absolute Gasteiger partial charge is 0.253 e. The second-order valence-corrected chi connectivity index (χ2v) is 4.86. The van der Waals surface area contributed by atoms with Crippen molar-refractivity contribution < 1.29 is 14.4 Å². The van der Waals surface area contributed by atoms with Crippen molar-refractivity contribution in [3.05, 3.63) is 0 Å². The van der Waals surface area contributed by atoms with Gasteiger partial charge in [-0.05, 0) is 26.7 Å². The van der Waals surface area contributed by atoms with Crippen LogP contribution in [0, 0.1) is 0 Å². The summed E-state index contributed by atoms with van der Waals surface area (Å²) in [5, 5.41) is 1.45. The predicted octanol–water partition coefficient (Wildman–Crippen LogP) is 1.44. The Morgan fingerprint density at radius 3 is 2.47 bits per heavy atom. The molecule has 1 heterocycles. The minimum atomic E-state index is -0.837. The van der Waals surface area contributed by atoms with Crippen LogP contribution in [0.4, 0.5) is 0 Å². The lowest BCUT2D eigenvalue weighted by Gasteiger charge is -2.38. The van der Waals surface area contributed by atoms with Crippen molar-refractivity contribution in [3.8, 4) is 0 Å². The fourth-order valence-corrected chi connectivity index (χ4v) is 2.19. The number of hydroxylamine groups is 2. The van der Waals surface area contributed by atoms with E-state index in [0.29, 0.717) is 0 Å². The summed E-state index contributed by atoms with van der Waals surface area (Å²) in [6, 6.07) is 0.185. The number of nitrogens with zero attached hydrogens (tertiary/aromatic N) is 1. The number of carbonyl (C=O) groups excluding carboxylic acids is 2. The second kappa shape index (κ2) is 3.59. The molecule has 0 atom stereocenters. The molecule has 1 saturated heterocycles. The molecular weight excluding hydrogens is 194 g/mol. The first-order valence-electron chi connectivity index (χ1n) is 5.55. The summed E-state index contributed by atoms with van der Waals surface area (Å²) >= 11 is 0. The fraction of sp³-hybridized carbons (Fsp3) is 0.818. The van der Waals surface area contributed by atoms with E-state index in [1.54, 1.807) is 13.8 Å². The Morgan fingerprint density at radius 1 is 1.27 bits per heavy atom. The molecular formula is C11H17NO3. The van der Waals surface area contributed by atoms with Crippen molar-refractivity contribution in [2.45, 2.75) is 57.6 Å². The van der Waals surface area contributed by atoms with Gasteiger partial charge in [0.05, 0.1) is 12.5 Å². The first-order valence-corrected chi connectivity index (χ1v) is 5.55. The highest BCUT2D eigenvalue weighted by Gasteiger charge is 2.43. The van der Waals surface area contributed by atoms with E-state index in [4.69, 9.17) is 4.84 Å². The number of ketones is 1. The van der Waals surface area contributed by atoms with Crippen LogP contribution in [0.3, 0.4) is 0 Å². The summed E-state index contributed by atoms with van der Waals surface area (Å²) in [5.41, 5.74) is -0.837. The SMILES string of the molecule is CC1(C)ON(C2CCCC2)C(=O)CC1=O. The van der Waals surface area contributed by atoms with Crippen molar-refractivity contribution in [2.75, 3.05) is 0 Å². The Morgan fingerprint density at radius 2 is 1.87 bits per heavy atom. The van der Waals surface area contributed by atoms with Crippen LogP contribution in [0.25, 0.3) is 0 Å². The van der Waals surface area contributed by atoms with E-state index in [-0.39, 0.29) is 24.2 Å². The molecule has 0 radical (unpaired) electrons. The summed E-state index contributed by atoms with van der Waals surface area (Å²) in [5.74, 6) is -0.298. The minimum Gasteiger partial charge on any atom is -0.296 e. The maximum absolute atomic E-state index is 11.7. The van der Waals surface area contributed by atoms with Crippen molar-refractivity contribution in [1.29, 1.82) is 0 Å². The average molecular weight is 211 g/mol. The lowest BCUT2D eigenvalue weighted by molar-refractivity contribution is -0.252. The third-order valence-corrected chi connectivity index (χ3v) is 3.21. The molecule has 2 aliphatic rings. The summed E-state index contributed by atoms with van der Waals surface area (Å²) in [7, 11) is 0. The standard InChI is InChI=1S/C11H17NO3/c1-11(2)9(13)7-10(14)12(15-11)8-5-3-4-6-8/h8H,3-7H2,1-2H3. The first-order chi connectivity index (χ1) is 7.00. The van der Waals surface area contributed by atoms with E-state index in [9.17, 15) is 9.59 Å². The van der Waals surface area contributed by atoms with Crippen LogP contribution in [0.2, 0.25) is 0 Å². The quantitative estimate of drug-likeness (QED) is 0.616. The lowest BCUT2D eigenvalue weighted by Crippen LogP contribution is -2.54. The second-order valence-electron chi connectivity index (χ2n) is 4.86. The zero-order chi connectivity index (χ0) is 11.1. The Hall–Kier alpha value is -0.900. The van der Waals surface area contributed by atoms with Gasteiger partial charge in [-0.3, -0.25) is 14.4 Å². The molecule has 0 bridgehead atoms. The molecule has 84 valence electrons. The molecule has 2 rings (SSSR count). The van der Waals surface area contributed by atoms with E-state index < -0.39 is 5.60 Å². The van der Waals surface area contributed by atoms with E-state index >= 15 is 0 Å². The Balaban J connectivity index is 2.11. The van der Waals surface area contributed by atoms with E-state index in [1.165, 1.54) is 5.06 Å². The third-order valence-electron chi connectivity index (χ3n) is 3.21. The van der Waals surface area contributed by atoms with Crippen molar-refractivity contribution >= 4 is 11.7 Å². The zero-order valence-electron chi connectivity index (χ0n) is 9.28. The van der Waals surface area contributed by atoms with Gasteiger partial charge in [-0.25, -0.2) is 5.06 Å². The zero-order valence-corrected chi connectivity index (χ0v) is 9.28. The fourth-order valence-electron chi connectivity index (χ4n) is 2.19. The number of rotatable bonds is 1. The van der Waals surface area contributed by atoms with Gasteiger partial charge in [0.25, 0.3) is 5.91 Å². The van der Waals surface area contributed by atoms with E-state index in [2.05, 4.69) is 0 Å². The number of hydrogen-bond acceptors (Lipinski definition) is 3. The van der Waals surface area contributed by atoms with Gasteiger partial charge in [-0.15, -0.1) is 0 Å². The van der Waals surface area contributed by atoms with Gasteiger partial charge in [-0.1, -0.05) is 12.8 Å². The van der Waals surface area contributed by atoms with Gasteiger partial charge in [0.1, 0.15) is 5.60 Å². The van der Waals surface area contributed by atoms with Crippen molar-refractivity contribution in [2.24, 2.45) is 0 Å². The van der Waals surface area contributed by atoms with Gasteiger partial charge >= 0.3 is 0 Å². The van der Waals surface area contributed by atoms with Gasteiger partial charge in [0.15, 0.2) is 5.78 Å². The van der Waals surface area contributed by atoms with E-state index in [1.807, 2.05) is 0 Å². The lowest BCUT2D eigenvalue weighted by atomic mass is 9.98. The predicted molar refractivity (Wildman–Crippen MR) is 53.9 cm³/mol. The molecule has 0 aromatic heterocycles. The van der Waals surface area contributed by atoms with Crippen molar-refractivity contribution in [3.63, 3.8) is 0 Å². The molecule has 0 N–H and O–H groups in total. The van der Waals surface area contributed by atoms with Gasteiger partial charge in [-0.2, -0.15) is 0 Å². The highest BCUT2D eigenvalue weighted by atomic mass is 16.7. The average Bonchev–Trinajstić information content (AvgIpc) is 2.64. The highest BCUT2D eigenvalue weighted by molar-refractivity contribution is 6.03. The van der Waals surface area contributed by atoms with Gasteiger partial charge in [0, 0.05) is 0 Å². The van der Waals surface area contributed by atoms with Crippen LogP contribution in [0.15, 0.2) is 0 Å². The molecule has 0 aromatic carbocycles. The summed E-state index contributed by atoms with van der Waals surface area (Å²) in [6.45, 7) is 3.45. The Kier molecular flexibility index (Phi) is 2.54. The molecule has 4 heteroatoms. The van der Waals surface area contributed by atoms with Gasteiger partial charge < -0.3 is 0 Å². The summed E-state index contributed by atoms with van der Waals surface area (Å²) in [6.07, 6.45) is 4.27. The topological polar surface area (TPSA) is 46.6 Å². The van der Waals surface area contributed by atoms with Crippen LogP contribution >= 0.6 is 0 Å². The Bertz CT molecular complexity index is 292. The summed E-state index contributed by atoms with van der Waals surface area (Å²) < 4.78 is 0. The third kappa shape index (κ3) is 1.91. The molecule has 0 unspecified atom stereocenters. The van der Waals surface area contributed by atoms with Crippen LogP contribution < -0.4 is 0 Å². The normalized spacial score (nSPS) is 27.5. The molecule has 4 nitrogen and oxygen atoms in total. The van der Waals surface area contributed by atoms with Gasteiger partial charge in [0.2, 0.25) is 0 Å². The van der Waals surface area contributed by atoms with Crippen LogP contribution in [0.1, 0.15) is 46.0 Å². The maximum atomic E-state index is 11.7. The van der Waals surface area contributed by atoms with Crippen molar-refractivity contribution in [1.82, 2.24) is 5.06 Å². The van der Waals surface area contributed by atoms with Crippen LogP contribution in [0.5, 0.6) is 0 Å². The van der Waals surface area contributed by atoms with Crippen LogP contribution in [-0.2, 0) is 14.4 Å². The molecule has 1 saturated carbocycles. The maximum Gasteiger partial charge on any atom is 0.253 e. The Labute approximate surface area is 89.5 Å². The van der Waals surface area contributed by atoms with Crippen LogP contribution in [-0.4, -0.2) is 28.4 Å².